The first-order valence-corrected chi connectivity index (χ1v) is 7.37. The molecule has 0 radical (unpaired) electrons. The van der Waals surface area contributed by atoms with E-state index < -0.39 is 0 Å². The van der Waals surface area contributed by atoms with E-state index in [1.165, 1.54) is 31.4 Å². The maximum atomic E-state index is 7.64. The van der Waals surface area contributed by atoms with Gasteiger partial charge in [0, 0.05) is 13.1 Å². The van der Waals surface area contributed by atoms with Crippen LogP contribution in [-0.4, -0.2) is 30.9 Å². The summed E-state index contributed by atoms with van der Waals surface area (Å²) in [5.74, 6) is 1.61. The minimum absolute atomic E-state index is 0.0609. The van der Waals surface area contributed by atoms with Crippen LogP contribution >= 0.6 is 0 Å². The molecule has 0 aliphatic heterocycles. The Morgan fingerprint density at radius 2 is 2.20 bits per heavy atom. The van der Waals surface area contributed by atoms with Gasteiger partial charge in [0.05, 0.1) is 12.7 Å². The van der Waals surface area contributed by atoms with E-state index in [2.05, 4.69) is 17.9 Å². The van der Waals surface area contributed by atoms with Crippen molar-refractivity contribution in [2.45, 2.75) is 32.7 Å². The Bertz CT molecular complexity index is 469. The number of methoxy groups -OCH3 is 1. The van der Waals surface area contributed by atoms with Crippen molar-refractivity contribution in [3.8, 4) is 5.75 Å². The van der Waals surface area contributed by atoms with Crippen LogP contribution in [0.2, 0.25) is 0 Å². The van der Waals surface area contributed by atoms with Gasteiger partial charge in [-0.25, -0.2) is 0 Å². The smallest absolute Gasteiger partial charge is 0.129 e. The highest BCUT2D eigenvalue weighted by molar-refractivity contribution is 5.97. The van der Waals surface area contributed by atoms with Crippen LogP contribution in [0, 0.1) is 11.3 Å². The Kier molecular flexibility index (Phi) is 5.01. The second-order valence-electron chi connectivity index (χ2n) is 5.57. The first kappa shape index (κ1) is 14.9. The van der Waals surface area contributed by atoms with Gasteiger partial charge in [-0.3, -0.25) is 10.3 Å². The second-order valence-corrected chi connectivity index (χ2v) is 5.57. The molecule has 0 spiro atoms. The molecule has 0 saturated heterocycles. The van der Waals surface area contributed by atoms with Gasteiger partial charge in [-0.05, 0) is 43.0 Å². The summed E-state index contributed by atoms with van der Waals surface area (Å²) in [6.07, 6.45) is 4.13. The van der Waals surface area contributed by atoms with Crippen LogP contribution in [0.5, 0.6) is 5.75 Å². The summed E-state index contributed by atoms with van der Waals surface area (Å²) in [6, 6.07) is 5.95. The monoisotopic (exact) mass is 275 g/mol. The maximum Gasteiger partial charge on any atom is 0.129 e. The number of rotatable bonds is 7. The van der Waals surface area contributed by atoms with Crippen molar-refractivity contribution >= 4 is 5.84 Å². The Balaban J connectivity index is 2.07. The second kappa shape index (κ2) is 6.75. The van der Waals surface area contributed by atoms with Crippen LogP contribution in [0.3, 0.4) is 0 Å². The van der Waals surface area contributed by atoms with E-state index in [0.717, 1.165) is 19.0 Å². The van der Waals surface area contributed by atoms with E-state index in [9.17, 15) is 0 Å². The zero-order chi connectivity index (χ0) is 14.5. The van der Waals surface area contributed by atoms with Gasteiger partial charge < -0.3 is 10.5 Å². The molecule has 110 valence electrons. The van der Waals surface area contributed by atoms with Crippen molar-refractivity contribution < 1.29 is 4.74 Å². The number of nitrogens with one attached hydrogen (secondary N) is 1. The summed E-state index contributed by atoms with van der Waals surface area (Å²) >= 11 is 0. The summed E-state index contributed by atoms with van der Waals surface area (Å²) in [6.45, 7) is 5.35. The topological polar surface area (TPSA) is 62.3 Å². The molecule has 0 unspecified atom stereocenters. The van der Waals surface area contributed by atoms with Gasteiger partial charge in [0.2, 0.25) is 0 Å². The fourth-order valence-corrected chi connectivity index (χ4v) is 2.67. The molecule has 20 heavy (non-hydrogen) atoms. The molecule has 1 saturated carbocycles. The van der Waals surface area contributed by atoms with E-state index in [0.29, 0.717) is 11.3 Å². The molecule has 4 heteroatoms. The van der Waals surface area contributed by atoms with Crippen molar-refractivity contribution in [3.05, 3.63) is 29.3 Å². The lowest BCUT2D eigenvalue weighted by Gasteiger charge is -2.31. The molecule has 1 aliphatic carbocycles. The van der Waals surface area contributed by atoms with E-state index >= 15 is 0 Å². The lowest BCUT2D eigenvalue weighted by atomic mass is 9.85. The number of benzene rings is 1. The van der Waals surface area contributed by atoms with E-state index in [1.54, 1.807) is 7.11 Å². The third-order valence-corrected chi connectivity index (χ3v) is 4.15. The lowest BCUT2D eigenvalue weighted by Crippen LogP contribution is -2.32. The number of amidine groups is 1. The summed E-state index contributed by atoms with van der Waals surface area (Å²) in [7, 11) is 1.61. The predicted octanol–water partition coefficient (Wildman–Crippen LogP) is 2.60. The summed E-state index contributed by atoms with van der Waals surface area (Å²) in [5, 5.41) is 7.64. The number of hydrogen-bond donors (Lipinski definition) is 2. The van der Waals surface area contributed by atoms with Gasteiger partial charge in [0.1, 0.15) is 11.6 Å². The predicted molar refractivity (Wildman–Crippen MR) is 82.3 cm³/mol. The maximum absolute atomic E-state index is 7.64. The van der Waals surface area contributed by atoms with E-state index in [4.69, 9.17) is 15.9 Å². The molecular formula is C16H25N3O. The highest BCUT2D eigenvalue weighted by Gasteiger charge is 2.20. The number of nitrogens with zero attached hydrogens (tertiary/aromatic N) is 1. The van der Waals surface area contributed by atoms with Crippen LogP contribution < -0.4 is 10.5 Å². The van der Waals surface area contributed by atoms with Crippen molar-refractivity contribution in [3.63, 3.8) is 0 Å². The third-order valence-electron chi connectivity index (χ3n) is 4.15. The minimum atomic E-state index is 0.0609. The molecule has 0 heterocycles. The first-order valence-electron chi connectivity index (χ1n) is 7.37. The summed E-state index contributed by atoms with van der Waals surface area (Å²) < 4.78 is 5.25. The van der Waals surface area contributed by atoms with Crippen LogP contribution in [0.4, 0.5) is 0 Å². The third kappa shape index (κ3) is 3.51. The number of hydrogen-bond acceptors (Lipinski definition) is 3. The zero-order valence-electron chi connectivity index (χ0n) is 12.5. The Morgan fingerprint density at radius 1 is 1.45 bits per heavy atom. The van der Waals surface area contributed by atoms with Gasteiger partial charge in [-0.1, -0.05) is 19.4 Å². The molecule has 4 nitrogen and oxygen atoms in total. The van der Waals surface area contributed by atoms with E-state index in [-0.39, 0.29) is 5.84 Å². The first-order chi connectivity index (χ1) is 9.63. The molecular weight excluding hydrogens is 250 g/mol. The van der Waals surface area contributed by atoms with Gasteiger partial charge in [0.15, 0.2) is 0 Å². The molecule has 1 aliphatic rings. The molecule has 3 N–H and O–H groups in total. The molecule has 0 aromatic heterocycles. The van der Waals surface area contributed by atoms with Crippen molar-refractivity contribution in [2.24, 2.45) is 11.7 Å². The Hall–Kier alpha value is -1.55. The molecule has 1 aromatic carbocycles. The standard InChI is InChI=1S/C16H25N3O/c1-3-19(10-12-5-4-6-12)11-13-7-8-15(20-2)14(9-13)16(17)18/h7-9,12H,3-6,10-11H2,1-2H3,(H3,17,18). The SMILES string of the molecule is CCN(Cc1ccc(OC)c(C(=N)N)c1)CC1CCC1. The summed E-state index contributed by atoms with van der Waals surface area (Å²) in [4.78, 5) is 2.47. The van der Waals surface area contributed by atoms with Crippen LogP contribution in [0.25, 0.3) is 0 Å². The zero-order valence-corrected chi connectivity index (χ0v) is 12.5. The quantitative estimate of drug-likeness (QED) is 0.594. The Labute approximate surface area is 121 Å². The fourth-order valence-electron chi connectivity index (χ4n) is 2.67. The van der Waals surface area contributed by atoms with Gasteiger partial charge in [0.25, 0.3) is 0 Å². The molecule has 1 fully saturated rings. The number of nitrogen functional groups attached to an aromatic ring is 1. The van der Waals surface area contributed by atoms with Gasteiger partial charge in [-0.2, -0.15) is 0 Å². The number of ether oxygens (including phenoxy) is 1. The molecule has 2 rings (SSSR count). The van der Waals surface area contributed by atoms with Gasteiger partial charge in [-0.15, -0.1) is 0 Å². The summed E-state index contributed by atoms with van der Waals surface area (Å²) in [5.41, 5.74) is 7.50. The van der Waals surface area contributed by atoms with Crippen LogP contribution in [-0.2, 0) is 6.54 Å². The largest absolute Gasteiger partial charge is 0.496 e. The highest BCUT2D eigenvalue weighted by Crippen LogP contribution is 2.28. The van der Waals surface area contributed by atoms with Crippen LogP contribution in [0.1, 0.15) is 37.3 Å². The Morgan fingerprint density at radius 3 is 2.70 bits per heavy atom. The van der Waals surface area contributed by atoms with Crippen molar-refractivity contribution in [2.75, 3.05) is 20.2 Å². The normalized spacial score (nSPS) is 15.2. The van der Waals surface area contributed by atoms with Crippen molar-refractivity contribution in [1.29, 1.82) is 5.41 Å². The van der Waals surface area contributed by atoms with Crippen molar-refractivity contribution in [1.82, 2.24) is 4.90 Å². The fraction of sp³-hybridized carbons (Fsp3) is 0.562. The van der Waals surface area contributed by atoms with E-state index in [1.807, 2.05) is 12.1 Å². The molecule has 1 aromatic rings. The van der Waals surface area contributed by atoms with Gasteiger partial charge >= 0.3 is 0 Å². The highest BCUT2D eigenvalue weighted by atomic mass is 16.5. The molecule has 0 amide bonds. The average molecular weight is 275 g/mol. The lowest BCUT2D eigenvalue weighted by molar-refractivity contribution is 0.178. The molecule has 0 bridgehead atoms. The molecule has 0 atom stereocenters. The minimum Gasteiger partial charge on any atom is -0.496 e. The van der Waals surface area contributed by atoms with Crippen LogP contribution in [0.15, 0.2) is 18.2 Å². The number of nitrogens with two attached hydrogens (primary N) is 1. The average Bonchev–Trinajstić information content (AvgIpc) is 2.41.